The van der Waals surface area contributed by atoms with E-state index in [2.05, 4.69) is 0 Å². The van der Waals surface area contributed by atoms with E-state index in [1.807, 2.05) is 43.3 Å². The molecule has 0 radical (unpaired) electrons. The lowest BCUT2D eigenvalue weighted by atomic mass is 9.83. The van der Waals surface area contributed by atoms with Crippen molar-refractivity contribution in [1.82, 2.24) is 9.96 Å². The highest BCUT2D eigenvalue weighted by atomic mass is 16.5. The third-order valence-corrected chi connectivity index (χ3v) is 5.49. The fraction of sp³-hybridized carbons (Fsp3) is 0.316. The molecule has 2 atom stereocenters. The molecule has 0 aromatic heterocycles. The maximum atomic E-state index is 12.6. The van der Waals surface area contributed by atoms with E-state index in [9.17, 15) is 15.1 Å². The van der Waals surface area contributed by atoms with Gasteiger partial charge in [0.15, 0.2) is 5.72 Å². The van der Waals surface area contributed by atoms with Gasteiger partial charge in [0.05, 0.1) is 5.54 Å². The summed E-state index contributed by atoms with van der Waals surface area (Å²) in [5.74, 6) is -0.176. The molecule has 1 fully saturated rings. The average Bonchev–Trinajstić information content (AvgIpc) is 3.00. The van der Waals surface area contributed by atoms with Crippen LogP contribution in [0.15, 0.2) is 54.6 Å². The lowest BCUT2D eigenvalue weighted by Gasteiger charge is -2.44. The molecule has 5 heteroatoms. The van der Waals surface area contributed by atoms with Crippen LogP contribution in [0.5, 0.6) is 0 Å². The second kappa shape index (κ2) is 5.14. The zero-order chi connectivity index (χ0) is 16.9. The summed E-state index contributed by atoms with van der Waals surface area (Å²) in [7, 11) is 0. The first-order chi connectivity index (χ1) is 11.5. The molecule has 1 saturated heterocycles. The Balaban J connectivity index is 1.75. The van der Waals surface area contributed by atoms with E-state index in [0.717, 1.165) is 5.56 Å². The molecule has 0 saturated carbocycles. The number of fused-ring (bicyclic) bond motifs is 3. The van der Waals surface area contributed by atoms with Crippen molar-refractivity contribution in [3.05, 3.63) is 71.3 Å². The largest absolute Gasteiger partial charge is 0.365 e. The molecule has 1 amide bonds. The van der Waals surface area contributed by atoms with Crippen molar-refractivity contribution in [1.29, 1.82) is 0 Å². The molecule has 24 heavy (non-hydrogen) atoms. The maximum Gasteiger partial charge on any atom is 0.256 e. The summed E-state index contributed by atoms with van der Waals surface area (Å²) in [6, 6.07) is 16.7. The van der Waals surface area contributed by atoms with Crippen molar-refractivity contribution in [2.24, 2.45) is 0 Å². The maximum absolute atomic E-state index is 12.6. The number of hydrogen-bond donors (Lipinski definition) is 2. The highest BCUT2D eigenvalue weighted by molar-refractivity contribution is 6.00. The molecular weight excluding hydrogens is 304 g/mol. The van der Waals surface area contributed by atoms with Gasteiger partial charge in [-0.1, -0.05) is 48.5 Å². The second-order valence-electron chi connectivity index (χ2n) is 6.74. The Morgan fingerprint density at radius 2 is 1.79 bits per heavy atom. The molecule has 2 aliphatic heterocycles. The van der Waals surface area contributed by atoms with Gasteiger partial charge in [-0.3, -0.25) is 4.79 Å². The Bertz CT molecular complexity index is 794. The molecule has 124 valence electrons. The lowest BCUT2D eigenvalue weighted by Crippen LogP contribution is -2.59. The van der Waals surface area contributed by atoms with Crippen LogP contribution in [-0.4, -0.2) is 38.3 Å². The average molecular weight is 324 g/mol. The summed E-state index contributed by atoms with van der Waals surface area (Å²) in [5, 5.41) is 23.5. The van der Waals surface area contributed by atoms with E-state index in [0.29, 0.717) is 24.1 Å². The smallest absolute Gasteiger partial charge is 0.256 e. The number of benzene rings is 2. The highest BCUT2D eigenvalue weighted by Gasteiger charge is 2.65. The summed E-state index contributed by atoms with van der Waals surface area (Å²) in [6.45, 7) is 2.50. The molecule has 4 rings (SSSR count). The van der Waals surface area contributed by atoms with Crippen LogP contribution < -0.4 is 0 Å². The Morgan fingerprint density at radius 1 is 1.12 bits per heavy atom. The van der Waals surface area contributed by atoms with E-state index >= 15 is 0 Å². The van der Waals surface area contributed by atoms with E-state index in [1.54, 1.807) is 18.2 Å². The molecule has 2 aromatic rings. The standard InChI is InChI=1S/C19H20N2O3/c1-18(21(24)13-14-7-3-2-4-8-14)11-12-20-17(22)15-9-5-6-10-16(15)19(18,20)23/h2-10,23-24H,11-13H2,1H3. The minimum absolute atomic E-state index is 0.176. The molecule has 0 spiro atoms. The molecule has 2 aromatic carbocycles. The predicted octanol–water partition coefficient (Wildman–Crippen LogP) is 2.34. The van der Waals surface area contributed by atoms with Gasteiger partial charge in [0.1, 0.15) is 0 Å². The Kier molecular flexibility index (Phi) is 3.28. The van der Waals surface area contributed by atoms with Crippen molar-refractivity contribution in [2.45, 2.75) is 31.2 Å². The molecule has 2 heterocycles. The summed E-state index contributed by atoms with van der Waals surface area (Å²) >= 11 is 0. The molecule has 0 bridgehead atoms. The minimum atomic E-state index is -1.52. The monoisotopic (exact) mass is 324 g/mol. The molecular formula is C19H20N2O3. The Morgan fingerprint density at radius 3 is 2.54 bits per heavy atom. The SMILES string of the molecule is CC1(N(O)Cc2ccccc2)CCN2C(=O)c3ccccc3C21O. The quantitative estimate of drug-likeness (QED) is 0.851. The topological polar surface area (TPSA) is 64.0 Å². The van der Waals surface area contributed by atoms with Crippen molar-refractivity contribution in [3.63, 3.8) is 0 Å². The van der Waals surface area contributed by atoms with Gasteiger partial charge in [0, 0.05) is 24.2 Å². The van der Waals surface area contributed by atoms with Gasteiger partial charge in [-0.2, -0.15) is 5.06 Å². The van der Waals surface area contributed by atoms with Crippen molar-refractivity contribution in [3.8, 4) is 0 Å². The number of amides is 1. The first-order valence-corrected chi connectivity index (χ1v) is 8.13. The van der Waals surface area contributed by atoms with Crippen molar-refractivity contribution in [2.75, 3.05) is 6.54 Å². The number of hydroxylamine groups is 2. The van der Waals surface area contributed by atoms with Gasteiger partial charge in [-0.05, 0) is 25.0 Å². The Labute approximate surface area is 140 Å². The number of hydrogen-bond acceptors (Lipinski definition) is 4. The zero-order valence-corrected chi connectivity index (χ0v) is 13.5. The molecule has 0 aliphatic carbocycles. The van der Waals surface area contributed by atoms with Gasteiger partial charge >= 0.3 is 0 Å². The fourth-order valence-electron chi connectivity index (χ4n) is 4.00. The highest BCUT2D eigenvalue weighted by Crippen LogP contribution is 2.52. The van der Waals surface area contributed by atoms with Gasteiger partial charge in [0.25, 0.3) is 5.91 Å². The van der Waals surface area contributed by atoms with E-state index in [-0.39, 0.29) is 12.5 Å². The molecule has 2 aliphatic rings. The zero-order valence-electron chi connectivity index (χ0n) is 13.5. The van der Waals surface area contributed by atoms with Crippen LogP contribution in [0.1, 0.15) is 34.8 Å². The normalized spacial score (nSPS) is 28.3. The third kappa shape index (κ3) is 1.83. The number of rotatable bonds is 3. The van der Waals surface area contributed by atoms with E-state index < -0.39 is 11.3 Å². The second-order valence-corrected chi connectivity index (χ2v) is 6.74. The van der Waals surface area contributed by atoms with Gasteiger partial charge < -0.3 is 15.2 Å². The molecule has 5 nitrogen and oxygen atoms in total. The minimum Gasteiger partial charge on any atom is -0.365 e. The predicted molar refractivity (Wildman–Crippen MR) is 88.2 cm³/mol. The number of nitrogens with zero attached hydrogens (tertiary/aromatic N) is 2. The van der Waals surface area contributed by atoms with Crippen LogP contribution in [0.4, 0.5) is 0 Å². The summed E-state index contributed by atoms with van der Waals surface area (Å²) in [6.07, 6.45) is 0.493. The van der Waals surface area contributed by atoms with Crippen molar-refractivity contribution >= 4 is 5.91 Å². The lowest BCUT2D eigenvalue weighted by molar-refractivity contribution is -0.252. The number of carbonyl (C=O) groups is 1. The molecule has 2 N–H and O–H groups in total. The fourth-order valence-corrected chi connectivity index (χ4v) is 4.00. The van der Waals surface area contributed by atoms with Crippen LogP contribution >= 0.6 is 0 Å². The van der Waals surface area contributed by atoms with Gasteiger partial charge in [0.2, 0.25) is 0 Å². The van der Waals surface area contributed by atoms with Crippen molar-refractivity contribution < 1.29 is 15.1 Å². The van der Waals surface area contributed by atoms with Gasteiger partial charge in [-0.25, -0.2) is 0 Å². The van der Waals surface area contributed by atoms with E-state index in [1.165, 1.54) is 9.96 Å². The van der Waals surface area contributed by atoms with Crippen LogP contribution in [0.25, 0.3) is 0 Å². The summed E-state index contributed by atoms with van der Waals surface area (Å²) in [4.78, 5) is 14.1. The Hall–Kier alpha value is -2.21. The van der Waals surface area contributed by atoms with Gasteiger partial charge in [-0.15, -0.1) is 0 Å². The van der Waals surface area contributed by atoms with Crippen LogP contribution in [0.2, 0.25) is 0 Å². The first kappa shape index (κ1) is 15.3. The number of aliphatic hydroxyl groups is 1. The van der Waals surface area contributed by atoms with Crippen LogP contribution in [-0.2, 0) is 12.3 Å². The number of carbonyl (C=O) groups excluding carboxylic acids is 1. The van der Waals surface area contributed by atoms with Crippen LogP contribution in [0, 0.1) is 0 Å². The third-order valence-electron chi connectivity index (χ3n) is 5.49. The first-order valence-electron chi connectivity index (χ1n) is 8.13. The van der Waals surface area contributed by atoms with Crippen LogP contribution in [0.3, 0.4) is 0 Å². The summed E-state index contributed by atoms with van der Waals surface area (Å²) < 4.78 is 0. The summed E-state index contributed by atoms with van der Waals surface area (Å²) in [5.41, 5.74) is -0.475. The van der Waals surface area contributed by atoms with E-state index in [4.69, 9.17) is 0 Å². The molecule has 2 unspecified atom stereocenters.